The van der Waals surface area contributed by atoms with Gasteiger partial charge < -0.3 is 4.90 Å². The molecule has 0 radical (unpaired) electrons. The van der Waals surface area contributed by atoms with Gasteiger partial charge in [0.2, 0.25) is 5.91 Å². The summed E-state index contributed by atoms with van der Waals surface area (Å²) in [6.07, 6.45) is 3.78. The number of hydrogen-bond donors (Lipinski definition) is 0. The third kappa shape index (κ3) is 4.02. The Morgan fingerprint density at radius 1 is 1.30 bits per heavy atom. The Balaban J connectivity index is 1.48. The molecule has 0 spiro atoms. The first-order valence-electron chi connectivity index (χ1n) is 9.48. The number of fused-ring (bicyclic) bond motifs is 1. The first-order valence-corrected chi connectivity index (χ1v) is 12.1. The summed E-state index contributed by atoms with van der Waals surface area (Å²) >= 11 is 1.71. The van der Waals surface area contributed by atoms with Crippen LogP contribution in [-0.4, -0.2) is 66.8 Å². The predicted molar refractivity (Wildman–Crippen MR) is 108 cm³/mol. The van der Waals surface area contributed by atoms with Crippen LogP contribution in [0.15, 0.2) is 24.3 Å². The minimum absolute atomic E-state index is 0.00473. The molecular formula is C19H25N3O3S2. The van der Waals surface area contributed by atoms with Crippen molar-refractivity contribution in [2.24, 2.45) is 0 Å². The molecule has 0 saturated carbocycles. The Kier molecular flexibility index (Phi) is 5.22. The molecule has 1 amide bonds. The van der Waals surface area contributed by atoms with E-state index >= 15 is 0 Å². The van der Waals surface area contributed by atoms with Gasteiger partial charge >= 0.3 is 0 Å². The number of piperidine rings is 1. The number of likely N-dealkylation sites (tertiary alicyclic amines) is 1. The average Bonchev–Trinajstić information content (AvgIpc) is 3.24. The van der Waals surface area contributed by atoms with Gasteiger partial charge in [0.25, 0.3) is 0 Å². The van der Waals surface area contributed by atoms with Gasteiger partial charge in [0, 0.05) is 13.1 Å². The van der Waals surface area contributed by atoms with Crippen LogP contribution in [0.4, 0.5) is 0 Å². The summed E-state index contributed by atoms with van der Waals surface area (Å²) in [4.78, 5) is 21.5. The number of rotatable bonds is 4. The van der Waals surface area contributed by atoms with E-state index in [0.717, 1.165) is 36.3 Å². The maximum absolute atomic E-state index is 12.8. The molecule has 2 aromatic rings. The molecule has 0 bridgehead atoms. The van der Waals surface area contributed by atoms with Gasteiger partial charge in [-0.3, -0.25) is 9.69 Å². The largest absolute Gasteiger partial charge is 0.341 e. The van der Waals surface area contributed by atoms with Gasteiger partial charge in [0.05, 0.1) is 34.3 Å². The number of amides is 1. The smallest absolute Gasteiger partial charge is 0.236 e. The maximum Gasteiger partial charge on any atom is 0.236 e. The van der Waals surface area contributed by atoms with Crippen LogP contribution in [-0.2, 0) is 14.6 Å². The van der Waals surface area contributed by atoms with E-state index in [2.05, 4.69) is 11.0 Å². The van der Waals surface area contributed by atoms with Crippen molar-refractivity contribution in [1.82, 2.24) is 14.8 Å². The fraction of sp³-hybridized carbons (Fsp3) is 0.579. The number of likely N-dealkylation sites (N-methyl/N-ethyl adjacent to an activating group) is 1. The summed E-state index contributed by atoms with van der Waals surface area (Å²) in [6.45, 7) is 1.21. The quantitative estimate of drug-likeness (QED) is 0.779. The molecule has 27 heavy (non-hydrogen) atoms. The highest BCUT2D eigenvalue weighted by Gasteiger charge is 2.34. The Bertz CT molecular complexity index is 908. The Morgan fingerprint density at radius 2 is 2.11 bits per heavy atom. The molecule has 1 aromatic carbocycles. The highest BCUT2D eigenvalue weighted by atomic mass is 32.2. The normalized spacial score (nSPS) is 25.7. The first kappa shape index (κ1) is 18.8. The molecule has 2 saturated heterocycles. The molecule has 1 aromatic heterocycles. The molecule has 0 N–H and O–H groups in total. The summed E-state index contributed by atoms with van der Waals surface area (Å²) in [6, 6.07) is 8.12. The average molecular weight is 408 g/mol. The molecule has 2 aliphatic rings. The van der Waals surface area contributed by atoms with Crippen molar-refractivity contribution in [3.05, 3.63) is 29.3 Å². The summed E-state index contributed by atoms with van der Waals surface area (Å²) < 4.78 is 24.6. The van der Waals surface area contributed by atoms with Crippen molar-refractivity contribution in [3.63, 3.8) is 0 Å². The molecular weight excluding hydrogens is 382 g/mol. The standard InChI is InChI=1S/C19H25N3O3S2/c1-21(14-9-11-27(24,25)13-14)18(23)12-22-10-5-4-7-16(22)19-20-15-6-2-3-8-17(15)26-19/h2-3,6,8,14,16H,4-5,7,9-13H2,1H3. The van der Waals surface area contributed by atoms with E-state index in [1.807, 2.05) is 18.2 Å². The van der Waals surface area contributed by atoms with Gasteiger partial charge in [-0.25, -0.2) is 13.4 Å². The van der Waals surface area contributed by atoms with Gasteiger partial charge in [0.15, 0.2) is 9.84 Å². The van der Waals surface area contributed by atoms with E-state index in [1.165, 1.54) is 4.70 Å². The van der Waals surface area contributed by atoms with E-state index in [1.54, 1.807) is 23.3 Å². The Morgan fingerprint density at radius 3 is 2.85 bits per heavy atom. The van der Waals surface area contributed by atoms with Crippen molar-refractivity contribution in [2.75, 3.05) is 31.6 Å². The van der Waals surface area contributed by atoms with Crippen LogP contribution in [0.3, 0.4) is 0 Å². The molecule has 3 heterocycles. The second-order valence-corrected chi connectivity index (χ2v) is 10.9. The molecule has 8 heteroatoms. The van der Waals surface area contributed by atoms with Crippen molar-refractivity contribution in [3.8, 4) is 0 Å². The number of para-hydroxylation sites is 1. The number of benzene rings is 1. The zero-order chi connectivity index (χ0) is 19.0. The summed E-state index contributed by atoms with van der Waals surface area (Å²) in [5.74, 6) is 0.286. The van der Waals surface area contributed by atoms with Gasteiger partial charge in [-0.1, -0.05) is 18.6 Å². The monoisotopic (exact) mass is 407 g/mol. The van der Waals surface area contributed by atoms with Crippen LogP contribution in [0.5, 0.6) is 0 Å². The molecule has 2 aliphatic heterocycles. The van der Waals surface area contributed by atoms with Crippen molar-refractivity contribution in [1.29, 1.82) is 0 Å². The predicted octanol–water partition coefficient (Wildman–Crippen LogP) is 2.47. The lowest BCUT2D eigenvalue weighted by molar-refractivity contribution is -0.133. The van der Waals surface area contributed by atoms with Gasteiger partial charge in [-0.15, -0.1) is 11.3 Å². The fourth-order valence-corrected chi connectivity index (χ4v) is 6.97. The SMILES string of the molecule is CN(C(=O)CN1CCCCC1c1nc2ccccc2s1)C1CCS(=O)(=O)C1. The molecule has 146 valence electrons. The summed E-state index contributed by atoms with van der Waals surface area (Å²) in [5, 5.41) is 1.08. The Labute approximate surface area is 164 Å². The second kappa shape index (κ2) is 7.48. The van der Waals surface area contributed by atoms with Gasteiger partial charge in [-0.05, 0) is 37.9 Å². The fourth-order valence-electron chi connectivity index (χ4n) is 4.06. The van der Waals surface area contributed by atoms with E-state index < -0.39 is 9.84 Å². The Hall–Kier alpha value is -1.51. The number of sulfone groups is 1. The van der Waals surface area contributed by atoms with Crippen LogP contribution in [0, 0.1) is 0 Å². The second-order valence-electron chi connectivity index (χ2n) is 7.56. The molecule has 2 unspecified atom stereocenters. The van der Waals surface area contributed by atoms with Crippen molar-refractivity contribution in [2.45, 2.75) is 37.8 Å². The van der Waals surface area contributed by atoms with Crippen LogP contribution < -0.4 is 0 Å². The first-order chi connectivity index (χ1) is 12.9. The highest BCUT2D eigenvalue weighted by Crippen LogP contribution is 2.35. The zero-order valence-corrected chi connectivity index (χ0v) is 17.1. The van der Waals surface area contributed by atoms with Crippen LogP contribution in [0.25, 0.3) is 10.2 Å². The topological polar surface area (TPSA) is 70.6 Å². The minimum atomic E-state index is -2.99. The molecule has 6 nitrogen and oxygen atoms in total. The third-order valence-electron chi connectivity index (χ3n) is 5.70. The van der Waals surface area contributed by atoms with E-state index in [0.29, 0.717) is 13.0 Å². The number of thiazole rings is 1. The van der Waals surface area contributed by atoms with Crippen LogP contribution in [0.1, 0.15) is 36.7 Å². The van der Waals surface area contributed by atoms with Gasteiger partial charge in [-0.2, -0.15) is 0 Å². The highest BCUT2D eigenvalue weighted by molar-refractivity contribution is 7.91. The molecule has 0 aliphatic carbocycles. The van der Waals surface area contributed by atoms with Crippen molar-refractivity contribution >= 4 is 37.3 Å². The zero-order valence-electron chi connectivity index (χ0n) is 15.5. The number of nitrogens with zero attached hydrogens (tertiary/aromatic N) is 3. The lowest BCUT2D eigenvalue weighted by Crippen LogP contribution is -2.46. The lowest BCUT2D eigenvalue weighted by atomic mass is 10.0. The minimum Gasteiger partial charge on any atom is -0.341 e. The lowest BCUT2D eigenvalue weighted by Gasteiger charge is -2.35. The van der Waals surface area contributed by atoms with E-state index in [4.69, 9.17) is 4.98 Å². The molecule has 2 atom stereocenters. The third-order valence-corrected chi connectivity index (χ3v) is 8.59. The van der Waals surface area contributed by atoms with Crippen LogP contribution in [0.2, 0.25) is 0 Å². The van der Waals surface area contributed by atoms with E-state index in [-0.39, 0.29) is 29.5 Å². The van der Waals surface area contributed by atoms with E-state index in [9.17, 15) is 13.2 Å². The number of carbonyl (C=O) groups excluding carboxylic acids is 1. The molecule has 4 rings (SSSR count). The number of aromatic nitrogens is 1. The van der Waals surface area contributed by atoms with Crippen molar-refractivity contribution < 1.29 is 13.2 Å². The van der Waals surface area contributed by atoms with Crippen LogP contribution >= 0.6 is 11.3 Å². The summed E-state index contributed by atoms with van der Waals surface area (Å²) in [5.41, 5.74) is 1.02. The molecule has 2 fully saturated rings. The number of hydrogen-bond acceptors (Lipinski definition) is 6. The maximum atomic E-state index is 12.8. The van der Waals surface area contributed by atoms with Gasteiger partial charge in [0.1, 0.15) is 5.01 Å². The number of carbonyl (C=O) groups is 1. The summed E-state index contributed by atoms with van der Waals surface area (Å²) in [7, 11) is -1.25.